The number of imidazole rings is 1. The Balaban J connectivity index is 1.26. The topological polar surface area (TPSA) is 160 Å². The first kappa shape index (κ1) is 27.6. The number of ether oxygens (including phenoxy) is 1. The number of pyridine rings is 1. The molecule has 5 aromatic rings. The number of amides is 1. The number of hydrogen-bond acceptors (Lipinski definition) is 8. The lowest BCUT2D eigenvalue weighted by atomic mass is 10.0. The van der Waals surface area contributed by atoms with Gasteiger partial charge in [0.1, 0.15) is 21.7 Å². The van der Waals surface area contributed by atoms with E-state index in [0.29, 0.717) is 22.7 Å². The third-order valence-corrected chi connectivity index (χ3v) is 9.97. The molecule has 1 saturated heterocycles. The molecule has 0 saturated carbocycles. The highest BCUT2D eigenvalue weighted by Crippen LogP contribution is 2.31. The predicted octanol–water partition coefficient (Wildman–Crippen LogP) is 3.90. The van der Waals surface area contributed by atoms with E-state index < -0.39 is 37.2 Å². The van der Waals surface area contributed by atoms with Crippen LogP contribution in [0.5, 0.6) is 11.6 Å². The molecule has 1 aliphatic rings. The van der Waals surface area contributed by atoms with Crippen molar-refractivity contribution in [1.29, 1.82) is 0 Å². The zero-order valence-electron chi connectivity index (χ0n) is 22.0. The van der Waals surface area contributed by atoms with Gasteiger partial charge in [0.2, 0.25) is 31.8 Å². The zero-order chi connectivity index (χ0) is 29.3. The molecule has 1 fully saturated rings. The normalized spacial score (nSPS) is 17.1. The van der Waals surface area contributed by atoms with E-state index in [1.807, 2.05) is 47.2 Å². The van der Waals surface area contributed by atoms with E-state index >= 15 is 0 Å². The lowest BCUT2D eigenvalue weighted by molar-refractivity contribution is -0.118. The molecule has 1 aliphatic heterocycles. The molecule has 1 amide bonds. The lowest BCUT2D eigenvalue weighted by Crippen LogP contribution is -2.31. The monoisotopic (exact) mass is 603 g/mol. The van der Waals surface area contributed by atoms with Gasteiger partial charge in [-0.3, -0.25) is 9.52 Å². The molecule has 2 aromatic heterocycles. The largest absolute Gasteiger partial charge is 0.439 e. The fraction of sp³-hybridized carbons (Fsp3) is 0.138. The number of benzene rings is 3. The average molecular weight is 604 g/mol. The summed E-state index contributed by atoms with van der Waals surface area (Å²) in [5, 5.41) is -0.968. The Morgan fingerprint density at radius 2 is 1.69 bits per heavy atom. The summed E-state index contributed by atoms with van der Waals surface area (Å²) >= 11 is 0. The Labute approximate surface area is 242 Å². The van der Waals surface area contributed by atoms with Crippen molar-refractivity contribution in [2.24, 2.45) is 0 Å². The average Bonchev–Trinajstić information content (AvgIpc) is 3.53. The Hall–Kier alpha value is -4.59. The zero-order valence-corrected chi connectivity index (χ0v) is 23.6. The van der Waals surface area contributed by atoms with Crippen LogP contribution in [0.3, 0.4) is 0 Å². The van der Waals surface area contributed by atoms with Crippen LogP contribution in [-0.2, 0) is 31.3 Å². The number of H-pyrrole nitrogens is 1. The van der Waals surface area contributed by atoms with Crippen LogP contribution < -0.4 is 14.2 Å². The first-order chi connectivity index (χ1) is 20.2. The number of sulfonamides is 2. The van der Waals surface area contributed by atoms with Crippen molar-refractivity contribution < 1.29 is 26.4 Å². The summed E-state index contributed by atoms with van der Waals surface area (Å²) in [6, 6.07) is 25.2. The van der Waals surface area contributed by atoms with Crippen LogP contribution in [0.2, 0.25) is 0 Å². The number of aromatic amines is 1. The summed E-state index contributed by atoms with van der Waals surface area (Å²) in [6.07, 6.45) is 1.28. The lowest BCUT2D eigenvalue weighted by Gasteiger charge is -2.18. The molecule has 0 spiro atoms. The number of nitrogens with one attached hydrogen (secondary N) is 3. The van der Waals surface area contributed by atoms with Gasteiger partial charge in [0, 0.05) is 6.07 Å². The van der Waals surface area contributed by atoms with Gasteiger partial charge in [0.05, 0.1) is 29.7 Å². The minimum atomic E-state index is -4.05. The summed E-state index contributed by atoms with van der Waals surface area (Å²) in [5.41, 5.74) is 2.63. The van der Waals surface area contributed by atoms with E-state index in [1.54, 1.807) is 36.4 Å². The van der Waals surface area contributed by atoms with Crippen molar-refractivity contribution in [2.75, 3.05) is 0 Å². The molecule has 0 radical (unpaired) electrons. The van der Waals surface area contributed by atoms with Gasteiger partial charge in [-0.25, -0.2) is 31.5 Å². The molecule has 3 N–H and O–H groups in total. The fourth-order valence-corrected chi connectivity index (χ4v) is 7.31. The second-order valence-electron chi connectivity index (χ2n) is 9.77. The fourth-order valence-electron chi connectivity index (χ4n) is 4.73. The van der Waals surface area contributed by atoms with Crippen LogP contribution in [0.1, 0.15) is 34.7 Å². The Kier molecular flexibility index (Phi) is 7.22. The SMILES string of the molecule is O=C1CC(c2ccc(C[C@H](NS(=O)(=O)c3ccc(Oc4ccccc4)nc3)c3nc4ccccc4[nH]3)cc2)S(=O)(=O)N1. The number of carbonyl (C=O) groups excluding carboxylic acids is 1. The van der Waals surface area contributed by atoms with Gasteiger partial charge in [-0.05, 0) is 47.9 Å². The van der Waals surface area contributed by atoms with Gasteiger partial charge in [-0.2, -0.15) is 0 Å². The van der Waals surface area contributed by atoms with E-state index in [-0.39, 0.29) is 23.6 Å². The summed E-state index contributed by atoms with van der Waals surface area (Å²) < 4.78 is 61.9. The minimum absolute atomic E-state index is 0.0528. The van der Waals surface area contributed by atoms with Gasteiger partial charge < -0.3 is 9.72 Å². The second-order valence-corrected chi connectivity index (χ2v) is 13.3. The van der Waals surface area contributed by atoms with E-state index in [9.17, 15) is 21.6 Å². The first-order valence-electron chi connectivity index (χ1n) is 13.0. The maximum absolute atomic E-state index is 13.5. The van der Waals surface area contributed by atoms with Gasteiger partial charge in [-0.1, -0.05) is 54.6 Å². The quantitative estimate of drug-likeness (QED) is 0.229. The van der Waals surface area contributed by atoms with E-state index in [2.05, 4.69) is 19.7 Å². The van der Waals surface area contributed by atoms with Crippen molar-refractivity contribution in [3.05, 3.63) is 114 Å². The number of para-hydroxylation sites is 3. The molecule has 42 heavy (non-hydrogen) atoms. The maximum atomic E-state index is 13.5. The Bertz CT molecular complexity index is 1930. The Morgan fingerprint density at radius 3 is 2.36 bits per heavy atom. The van der Waals surface area contributed by atoms with Crippen LogP contribution in [0.25, 0.3) is 11.0 Å². The van der Waals surface area contributed by atoms with Crippen LogP contribution in [0.4, 0.5) is 0 Å². The molecular weight excluding hydrogens is 578 g/mol. The molecule has 1 unspecified atom stereocenters. The number of aromatic nitrogens is 3. The van der Waals surface area contributed by atoms with Gasteiger partial charge in [0.25, 0.3) is 0 Å². The summed E-state index contributed by atoms with van der Waals surface area (Å²) in [4.78, 5) is 23.6. The minimum Gasteiger partial charge on any atom is -0.439 e. The van der Waals surface area contributed by atoms with Gasteiger partial charge in [-0.15, -0.1) is 0 Å². The van der Waals surface area contributed by atoms with Crippen molar-refractivity contribution >= 4 is 37.0 Å². The van der Waals surface area contributed by atoms with Crippen molar-refractivity contribution in [1.82, 2.24) is 24.4 Å². The van der Waals surface area contributed by atoms with Crippen LogP contribution >= 0.6 is 0 Å². The molecule has 13 heteroatoms. The van der Waals surface area contributed by atoms with E-state index in [1.165, 1.54) is 18.3 Å². The molecule has 0 aliphatic carbocycles. The number of fused-ring (bicyclic) bond motifs is 1. The molecule has 214 valence electrons. The van der Waals surface area contributed by atoms with Gasteiger partial charge >= 0.3 is 0 Å². The standard InChI is InChI=1S/C29H25N5O6S2/c35-27-17-26(42(38,39)34-27)20-12-10-19(11-13-20)16-25(29-31-23-8-4-5-9-24(23)32-29)33-41(36,37)22-14-15-28(30-18-22)40-21-6-2-1-3-7-21/h1-15,18,25-26,33H,16-17H2,(H,31,32)(H,34,35)/t25-,26?/m0/s1. The molecular formula is C29H25N5O6S2. The molecule has 6 rings (SSSR count). The van der Waals surface area contributed by atoms with Crippen LogP contribution in [-0.4, -0.2) is 37.7 Å². The summed E-state index contributed by atoms with van der Waals surface area (Å²) in [7, 11) is -7.83. The van der Waals surface area contributed by atoms with Crippen LogP contribution in [0.15, 0.2) is 102 Å². The van der Waals surface area contributed by atoms with Crippen molar-refractivity contribution in [3.63, 3.8) is 0 Å². The van der Waals surface area contributed by atoms with Crippen LogP contribution in [0, 0.1) is 0 Å². The number of rotatable bonds is 9. The Morgan fingerprint density at radius 1 is 0.952 bits per heavy atom. The highest BCUT2D eigenvalue weighted by molar-refractivity contribution is 7.90. The number of hydrogen-bond donors (Lipinski definition) is 3. The van der Waals surface area contributed by atoms with Crippen molar-refractivity contribution in [3.8, 4) is 11.6 Å². The third-order valence-electron chi connectivity index (χ3n) is 6.81. The first-order valence-corrected chi connectivity index (χ1v) is 16.0. The van der Waals surface area contributed by atoms with Gasteiger partial charge in [0.15, 0.2) is 0 Å². The highest BCUT2D eigenvalue weighted by atomic mass is 32.2. The summed E-state index contributed by atoms with van der Waals surface area (Å²) in [5.74, 6) is 0.685. The number of nitrogens with zero attached hydrogens (tertiary/aromatic N) is 2. The third kappa shape index (κ3) is 5.88. The molecule has 0 bridgehead atoms. The number of carbonyl (C=O) groups is 1. The highest BCUT2D eigenvalue weighted by Gasteiger charge is 2.37. The van der Waals surface area contributed by atoms with E-state index in [4.69, 9.17) is 4.74 Å². The molecule has 3 aromatic carbocycles. The molecule has 2 atom stereocenters. The maximum Gasteiger partial charge on any atom is 0.242 e. The smallest absolute Gasteiger partial charge is 0.242 e. The molecule has 11 nitrogen and oxygen atoms in total. The van der Waals surface area contributed by atoms with E-state index in [0.717, 1.165) is 11.1 Å². The molecule has 3 heterocycles. The van der Waals surface area contributed by atoms with Crippen molar-refractivity contribution in [2.45, 2.75) is 29.0 Å². The predicted molar refractivity (Wildman–Crippen MR) is 154 cm³/mol. The summed E-state index contributed by atoms with van der Waals surface area (Å²) in [6.45, 7) is 0. The second kappa shape index (κ2) is 11.0.